The van der Waals surface area contributed by atoms with Gasteiger partial charge in [-0.25, -0.2) is 0 Å². The molecule has 10 nitrogen and oxygen atoms in total. The lowest BCUT2D eigenvalue weighted by molar-refractivity contribution is -0.252. The van der Waals surface area contributed by atoms with Crippen molar-refractivity contribution in [2.75, 3.05) is 26.4 Å². The number of ether oxygens (including phenoxy) is 2. The van der Waals surface area contributed by atoms with Gasteiger partial charge in [0.05, 0.1) is 0 Å². The minimum atomic E-state index is -4.12. The van der Waals surface area contributed by atoms with Crippen LogP contribution in [-0.2, 0) is 39.2 Å². The van der Waals surface area contributed by atoms with Gasteiger partial charge in [0, 0.05) is 17.8 Å². The molecule has 1 radical (unpaired) electrons. The first kappa shape index (κ1) is 47.7. The third kappa shape index (κ3) is 17.0. The fourth-order valence-corrected chi connectivity index (χ4v) is 8.70. The van der Waals surface area contributed by atoms with Gasteiger partial charge in [-0.1, -0.05) is 175 Å². The fourth-order valence-electron chi connectivity index (χ4n) is 7.83. The predicted octanol–water partition coefficient (Wildman–Crippen LogP) is 11.1. The van der Waals surface area contributed by atoms with E-state index in [1.807, 2.05) is 0 Å². The molecule has 0 aliphatic heterocycles. The maximum absolute atomic E-state index is 12.8. The van der Waals surface area contributed by atoms with Crippen LogP contribution in [0, 0.1) is 0 Å². The van der Waals surface area contributed by atoms with Crippen molar-refractivity contribution in [2.24, 2.45) is 11.6 Å². The van der Waals surface area contributed by atoms with Crippen LogP contribution in [0.25, 0.3) is 32.3 Å². The van der Waals surface area contributed by atoms with Crippen LogP contribution in [0.1, 0.15) is 154 Å². The Hall–Kier alpha value is -2.95. The number of rotatable bonds is 34. The maximum Gasteiger partial charge on any atom is 0.574 e. The third-order valence-electron chi connectivity index (χ3n) is 11.1. The van der Waals surface area contributed by atoms with Gasteiger partial charge in [-0.15, -0.1) is 0 Å². The zero-order valence-electron chi connectivity index (χ0n) is 35.2. The highest BCUT2D eigenvalue weighted by atomic mass is 31.2. The summed E-state index contributed by atoms with van der Waals surface area (Å²) >= 11 is 0. The van der Waals surface area contributed by atoms with Crippen LogP contribution in [0.5, 0.6) is 0 Å². The molecule has 4 N–H and O–H groups in total. The summed E-state index contributed by atoms with van der Waals surface area (Å²) in [6.45, 7) is 1.60. The van der Waals surface area contributed by atoms with Gasteiger partial charge in [0.25, 0.3) is 0 Å². The normalized spacial score (nSPS) is 13.4. The Bertz CT molecular complexity index is 1720. The molecule has 0 fully saturated rings. The molecule has 2 atom stereocenters. The van der Waals surface area contributed by atoms with Crippen LogP contribution in [0.3, 0.4) is 0 Å². The standard InChI is InChI=1S/C47H71N2O8P/c1-2-3-4-5-6-7-8-9-10-11-14-17-20-26-44(50)53-36-42(37-55-58(52,57-49)54-35-34-48)56-45(51)27-21-18-15-12-13-16-19-23-38-28-29-41-31-30-39-24-22-25-40-32-33-43(38)47(41)46(39)40/h22,24-25,28-33,42H,2-21,23,26-27,34-37,48-49H2,1H3/q+1/t42-,58?/m1/s1. The van der Waals surface area contributed by atoms with Crippen LogP contribution >= 0.6 is 8.17 Å². The van der Waals surface area contributed by atoms with Gasteiger partial charge < -0.3 is 20.1 Å². The Morgan fingerprint density at radius 1 is 0.672 bits per heavy atom. The first-order valence-corrected chi connectivity index (χ1v) is 23.8. The van der Waals surface area contributed by atoms with Gasteiger partial charge in [-0.3, -0.25) is 4.79 Å². The van der Waals surface area contributed by atoms with E-state index < -0.39 is 20.2 Å². The largest absolute Gasteiger partial charge is 0.604 e. The van der Waals surface area contributed by atoms with Crippen molar-refractivity contribution in [1.82, 2.24) is 0 Å². The highest BCUT2D eigenvalue weighted by Crippen LogP contribution is 2.51. The number of nitrogens with two attached hydrogens (primary N) is 2. The summed E-state index contributed by atoms with van der Waals surface area (Å²) in [7, 11) is -4.12. The number of carbonyl (C=O) groups is 2. The molecule has 4 aromatic rings. The molecule has 321 valence electrons. The number of unbranched alkanes of at least 4 members (excludes halogenated alkanes) is 18. The van der Waals surface area contributed by atoms with E-state index in [1.165, 1.54) is 102 Å². The number of phosphoric ester groups is 1. The van der Waals surface area contributed by atoms with Crippen LogP contribution in [-0.4, -0.2) is 44.4 Å². The Morgan fingerprint density at radius 2 is 1.21 bits per heavy atom. The van der Waals surface area contributed by atoms with E-state index in [1.54, 1.807) is 0 Å². The summed E-state index contributed by atoms with van der Waals surface area (Å²) in [5, 5.41) is 8.01. The average molecular weight is 823 g/mol. The van der Waals surface area contributed by atoms with Gasteiger partial charge in [-0.2, -0.15) is 14.9 Å². The maximum atomic E-state index is 12.8. The molecule has 58 heavy (non-hydrogen) atoms. The van der Waals surface area contributed by atoms with Crippen LogP contribution in [0.15, 0.2) is 54.6 Å². The number of phosphoric acid groups is 1. The van der Waals surface area contributed by atoms with E-state index in [9.17, 15) is 14.5 Å². The topological polar surface area (TPSA) is 158 Å². The Morgan fingerprint density at radius 3 is 1.81 bits per heavy atom. The van der Waals surface area contributed by atoms with Gasteiger partial charge in [-0.05, 0) is 63.6 Å². The minimum absolute atomic E-state index is 0.0777. The lowest BCUT2D eigenvalue weighted by Crippen LogP contribution is -2.32. The van der Waals surface area contributed by atoms with E-state index >= 15 is 0 Å². The molecule has 0 aromatic heterocycles. The number of hydrogen-bond donors (Lipinski definition) is 2. The number of carbonyl (C=O) groups excluding carboxylic acids is 2. The third-order valence-corrected chi connectivity index (χ3v) is 12.3. The lowest BCUT2D eigenvalue weighted by Gasteiger charge is -2.23. The molecule has 0 aliphatic rings. The first-order chi connectivity index (χ1) is 28.4. The van der Waals surface area contributed by atoms with Crippen LogP contribution in [0.2, 0.25) is 0 Å². The fraction of sp³-hybridized carbons (Fsp3) is 0.617. The molecule has 0 aliphatic carbocycles. The van der Waals surface area contributed by atoms with Gasteiger partial charge in [0.1, 0.15) is 19.6 Å². The van der Waals surface area contributed by atoms with E-state index in [0.29, 0.717) is 6.42 Å². The summed E-state index contributed by atoms with van der Waals surface area (Å²) in [4.78, 5) is 38.0. The molecular formula is C47H71N2O8P+. The molecule has 1 unspecified atom stereocenters. The van der Waals surface area contributed by atoms with E-state index in [2.05, 4.69) is 66.1 Å². The predicted molar refractivity (Wildman–Crippen MR) is 235 cm³/mol. The second-order valence-corrected chi connectivity index (χ2v) is 17.4. The van der Waals surface area contributed by atoms with E-state index in [0.717, 1.165) is 64.2 Å². The number of esters is 2. The zero-order valence-corrected chi connectivity index (χ0v) is 36.1. The average Bonchev–Trinajstić information content (AvgIpc) is 3.24. The SMILES string of the molecule is CCCCCCCCCCCCCCCC(=[O+])OC[C@H](CO[P+]([O-])(ON)OCCN)OC(=O)CCCCCCCCCc1ccc2ccc3cccc4ccc1c2c34. The Balaban J connectivity index is 1.08. The molecule has 0 bridgehead atoms. The highest BCUT2D eigenvalue weighted by molar-refractivity contribution is 7.53. The molecule has 0 amide bonds. The summed E-state index contributed by atoms with van der Waals surface area (Å²) in [5.41, 5.74) is 6.85. The number of benzene rings is 4. The van der Waals surface area contributed by atoms with Crippen molar-refractivity contribution in [3.05, 3.63) is 60.2 Å². The van der Waals surface area contributed by atoms with Crippen molar-refractivity contribution < 1.29 is 37.6 Å². The summed E-state index contributed by atoms with van der Waals surface area (Å²) in [5.74, 6) is 4.33. The second kappa shape index (κ2) is 27.7. The molecule has 0 spiro atoms. The molecule has 0 saturated heterocycles. The van der Waals surface area contributed by atoms with Crippen molar-refractivity contribution in [3.8, 4) is 0 Å². The van der Waals surface area contributed by atoms with Crippen molar-refractivity contribution in [2.45, 2.75) is 161 Å². The number of aryl methyl sites for hydroxylation is 1. The second-order valence-electron chi connectivity index (χ2n) is 15.8. The van der Waals surface area contributed by atoms with Gasteiger partial charge >= 0.3 is 20.1 Å². The quantitative estimate of drug-likeness (QED) is 0.0116. The van der Waals surface area contributed by atoms with Crippen molar-refractivity contribution in [1.29, 1.82) is 0 Å². The highest BCUT2D eigenvalue weighted by Gasteiger charge is 2.36. The monoisotopic (exact) mass is 822 g/mol. The van der Waals surface area contributed by atoms with E-state index in [-0.39, 0.29) is 45.2 Å². The van der Waals surface area contributed by atoms with Crippen LogP contribution < -0.4 is 16.5 Å². The summed E-state index contributed by atoms with van der Waals surface area (Å²) < 4.78 is 25.8. The van der Waals surface area contributed by atoms with Gasteiger partial charge in [0.15, 0.2) is 6.10 Å². The Kier molecular flexibility index (Phi) is 22.8. The van der Waals surface area contributed by atoms with E-state index in [4.69, 9.17) is 30.2 Å². The van der Waals surface area contributed by atoms with Crippen molar-refractivity contribution >= 4 is 52.4 Å². The molecule has 0 heterocycles. The molecular weight excluding hydrogens is 751 g/mol. The zero-order chi connectivity index (χ0) is 41.3. The summed E-state index contributed by atoms with van der Waals surface area (Å²) in [6.07, 6.45) is 23.6. The Labute approximate surface area is 348 Å². The van der Waals surface area contributed by atoms with Crippen molar-refractivity contribution in [3.63, 3.8) is 0 Å². The molecule has 0 saturated carbocycles. The lowest BCUT2D eigenvalue weighted by atomic mass is 9.90. The molecule has 4 aromatic carbocycles. The molecule has 4 rings (SSSR count). The van der Waals surface area contributed by atoms with Crippen LogP contribution in [0.4, 0.5) is 0 Å². The number of hydrogen-bond acceptors (Lipinski definition) is 10. The molecule has 11 heteroatoms. The first-order valence-electron chi connectivity index (χ1n) is 22.4. The smallest absolute Gasteiger partial charge is 0.574 e. The van der Waals surface area contributed by atoms with Gasteiger partial charge in [0.2, 0.25) is 6.61 Å². The summed E-state index contributed by atoms with van der Waals surface area (Å²) in [6, 6.07) is 20.1. The minimum Gasteiger partial charge on any atom is -0.604 e.